The van der Waals surface area contributed by atoms with E-state index in [1.165, 1.54) is 0 Å². The van der Waals surface area contributed by atoms with Crippen molar-refractivity contribution < 1.29 is 14.7 Å². The van der Waals surface area contributed by atoms with Crippen LogP contribution in [-0.4, -0.2) is 44.1 Å². The maximum atomic E-state index is 12.4. The highest BCUT2D eigenvalue weighted by Gasteiger charge is 2.28. The monoisotopic (exact) mass is 331 g/mol. The summed E-state index contributed by atoms with van der Waals surface area (Å²) in [5, 5.41) is 9.12. The predicted molar refractivity (Wildman–Crippen MR) is 88.7 cm³/mol. The van der Waals surface area contributed by atoms with Gasteiger partial charge in [-0.15, -0.1) is 0 Å². The molecule has 0 bridgehead atoms. The Morgan fingerprint density at radius 3 is 2.67 bits per heavy atom. The van der Waals surface area contributed by atoms with Gasteiger partial charge in [0.25, 0.3) is 0 Å². The van der Waals surface area contributed by atoms with Gasteiger partial charge in [0.15, 0.2) is 0 Å². The lowest BCUT2D eigenvalue weighted by atomic mass is 9.98. The van der Waals surface area contributed by atoms with E-state index < -0.39 is 11.9 Å². The van der Waals surface area contributed by atoms with E-state index in [1.54, 1.807) is 21.1 Å². The summed E-state index contributed by atoms with van der Waals surface area (Å²) in [5.74, 6) is -1.43. The van der Waals surface area contributed by atoms with Crippen molar-refractivity contribution in [1.29, 1.82) is 0 Å². The van der Waals surface area contributed by atoms with Gasteiger partial charge in [0, 0.05) is 33.1 Å². The Labute approximate surface area is 139 Å². The Balaban J connectivity index is 1.72. The highest BCUT2D eigenvalue weighted by molar-refractivity contribution is 5.79. The van der Waals surface area contributed by atoms with E-state index in [2.05, 4.69) is 0 Å². The molecule has 7 nitrogen and oxygen atoms in total. The second-order valence-electron chi connectivity index (χ2n) is 6.25. The molecule has 1 aromatic heterocycles. The van der Waals surface area contributed by atoms with Crippen molar-refractivity contribution in [2.24, 2.45) is 13.0 Å². The number of hydrogen-bond acceptors (Lipinski definition) is 3. The molecule has 0 spiro atoms. The van der Waals surface area contributed by atoms with Gasteiger partial charge >= 0.3 is 11.7 Å². The molecule has 1 aliphatic heterocycles. The zero-order chi connectivity index (χ0) is 17.3. The summed E-state index contributed by atoms with van der Waals surface area (Å²) < 4.78 is 3.17. The topological polar surface area (TPSA) is 84.5 Å². The maximum absolute atomic E-state index is 12.4. The zero-order valence-corrected chi connectivity index (χ0v) is 13.6. The van der Waals surface area contributed by atoms with Gasteiger partial charge in [0.05, 0.1) is 17.0 Å². The van der Waals surface area contributed by atoms with Gasteiger partial charge in [-0.3, -0.25) is 18.7 Å². The molecule has 1 amide bonds. The normalized spacial score (nSPS) is 18.0. The van der Waals surface area contributed by atoms with Crippen LogP contribution in [0.4, 0.5) is 0 Å². The van der Waals surface area contributed by atoms with Gasteiger partial charge in [0.1, 0.15) is 0 Å². The van der Waals surface area contributed by atoms with Crippen molar-refractivity contribution in [1.82, 2.24) is 14.0 Å². The number of rotatable bonds is 4. The lowest BCUT2D eigenvalue weighted by Gasteiger charge is -2.30. The number of hydrogen-bond donors (Lipinski definition) is 1. The van der Waals surface area contributed by atoms with Crippen LogP contribution >= 0.6 is 0 Å². The van der Waals surface area contributed by atoms with Crippen LogP contribution in [0.2, 0.25) is 0 Å². The fourth-order valence-electron chi connectivity index (χ4n) is 3.35. The van der Waals surface area contributed by atoms with Gasteiger partial charge in [-0.25, -0.2) is 4.79 Å². The summed E-state index contributed by atoms with van der Waals surface area (Å²) in [4.78, 5) is 37.5. The predicted octanol–water partition coefficient (Wildman–Crippen LogP) is 1.05. The maximum Gasteiger partial charge on any atom is 0.328 e. The van der Waals surface area contributed by atoms with E-state index in [1.807, 2.05) is 24.3 Å². The minimum absolute atomic E-state index is 0.0965. The smallest absolute Gasteiger partial charge is 0.328 e. The number of imidazole rings is 1. The van der Waals surface area contributed by atoms with E-state index in [4.69, 9.17) is 5.11 Å². The van der Waals surface area contributed by atoms with E-state index in [9.17, 15) is 14.4 Å². The molecular formula is C17H21N3O4. The van der Waals surface area contributed by atoms with Crippen LogP contribution in [0, 0.1) is 5.92 Å². The van der Waals surface area contributed by atoms with Crippen LogP contribution in [0.3, 0.4) is 0 Å². The summed E-state index contributed by atoms with van der Waals surface area (Å²) in [5.41, 5.74) is 1.49. The standard InChI is InChI=1S/C17H21N3O4/c1-18-13-6-2-3-7-14(13)20(17(18)24)10-8-15(21)19-9-4-5-12(11-19)16(22)23/h2-3,6-7,12H,4-5,8-11H2,1H3,(H,22,23)/t12-/m1/s1. The van der Waals surface area contributed by atoms with Crippen LogP contribution in [0.15, 0.2) is 29.1 Å². The third-order valence-corrected chi connectivity index (χ3v) is 4.72. The number of likely N-dealkylation sites (tertiary alicyclic amines) is 1. The molecule has 0 saturated carbocycles. The highest BCUT2D eigenvalue weighted by Crippen LogP contribution is 2.18. The van der Waals surface area contributed by atoms with E-state index >= 15 is 0 Å². The zero-order valence-electron chi connectivity index (χ0n) is 13.6. The molecule has 2 heterocycles. The van der Waals surface area contributed by atoms with Crippen LogP contribution in [0.25, 0.3) is 11.0 Å². The first-order valence-corrected chi connectivity index (χ1v) is 8.14. The summed E-state index contributed by atoms with van der Waals surface area (Å²) in [6, 6.07) is 7.47. The molecule has 7 heteroatoms. The molecule has 1 aliphatic rings. The third kappa shape index (κ3) is 2.93. The summed E-state index contributed by atoms with van der Waals surface area (Å²) in [6.07, 6.45) is 1.51. The first-order chi connectivity index (χ1) is 11.5. The molecule has 24 heavy (non-hydrogen) atoms. The summed E-state index contributed by atoms with van der Waals surface area (Å²) in [6.45, 7) is 1.15. The number of aryl methyl sites for hydroxylation is 2. The van der Waals surface area contributed by atoms with E-state index in [-0.39, 0.29) is 24.6 Å². The van der Waals surface area contributed by atoms with Gasteiger partial charge in [-0.2, -0.15) is 0 Å². The minimum Gasteiger partial charge on any atom is -0.481 e. The van der Waals surface area contributed by atoms with Crippen LogP contribution < -0.4 is 5.69 Å². The number of para-hydroxylation sites is 2. The van der Waals surface area contributed by atoms with E-state index in [0.717, 1.165) is 11.0 Å². The Bertz CT molecular complexity index is 836. The number of amides is 1. The first kappa shape index (κ1) is 16.3. The summed E-state index contributed by atoms with van der Waals surface area (Å²) in [7, 11) is 1.71. The SMILES string of the molecule is Cn1c(=O)n(CCC(=O)N2CCC[C@@H](C(=O)O)C2)c2ccccc21. The van der Waals surface area contributed by atoms with Crippen LogP contribution in [0.1, 0.15) is 19.3 Å². The molecule has 2 aromatic rings. The molecule has 1 N–H and O–H groups in total. The lowest BCUT2D eigenvalue weighted by molar-refractivity contribution is -0.145. The second-order valence-corrected chi connectivity index (χ2v) is 6.25. The molecule has 1 atom stereocenters. The highest BCUT2D eigenvalue weighted by atomic mass is 16.4. The first-order valence-electron chi connectivity index (χ1n) is 8.14. The largest absolute Gasteiger partial charge is 0.481 e. The number of nitrogens with zero attached hydrogens (tertiary/aromatic N) is 3. The molecule has 0 aliphatic carbocycles. The fourth-order valence-corrected chi connectivity index (χ4v) is 3.35. The van der Waals surface area contributed by atoms with Crippen LogP contribution in [0.5, 0.6) is 0 Å². The van der Waals surface area contributed by atoms with Crippen molar-refractivity contribution in [2.75, 3.05) is 13.1 Å². The minimum atomic E-state index is -0.849. The Hall–Kier alpha value is -2.57. The van der Waals surface area contributed by atoms with Crippen LogP contribution in [-0.2, 0) is 23.2 Å². The Morgan fingerprint density at radius 2 is 1.96 bits per heavy atom. The Morgan fingerprint density at radius 1 is 1.25 bits per heavy atom. The molecule has 0 unspecified atom stereocenters. The molecule has 1 fully saturated rings. The van der Waals surface area contributed by atoms with Gasteiger partial charge in [0.2, 0.25) is 5.91 Å². The Kier molecular flexibility index (Phi) is 4.42. The number of carboxylic acids is 1. The molecule has 1 aromatic carbocycles. The second kappa shape index (κ2) is 6.51. The number of carbonyl (C=O) groups excluding carboxylic acids is 1. The average Bonchev–Trinajstić information content (AvgIpc) is 2.84. The molecular weight excluding hydrogens is 310 g/mol. The van der Waals surface area contributed by atoms with Crippen molar-refractivity contribution >= 4 is 22.9 Å². The molecule has 128 valence electrons. The quantitative estimate of drug-likeness (QED) is 0.908. The fraction of sp³-hybridized carbons (Fsp3) is 0.471. The van der Waals surface area contributed by atoms with Crippen molar-refractivity contribution in [3.63, 3.8) is 0 Å². The van der Waals surface area contributed by atoms with Gasteiger partial charge < -0.3 is 10.0 Å². The number of carboxylic acid groups (broad SMARTS) is 1. The van der Waals surface area contributed by atoms with E-state index in [0.29, 0.717) is 25.9 Å². The van der Waals surface area contributed by atoms with Crippen molar-refractivity contribution in [3.8, 4) is 0 Å². The van der Waals surface area contributed by atoms with Gasteiger partial charge in [-0.05, 0) is 25.0 Å². The molecule has 0 radical (unpaired) electrons. The number of fused-ring (bicyclic) bond motifs is 1. The lowest BCUT2D eigenvalue weighted by Crippen LogP contribution is -2.42. The van der Waals surface area contributed by atoms with Gasteiger partial charge in [-0.1, -0.05) is 12.1 Å². The number of aromatic nitrogens is 2. The summed E-state index contributed by atoms with van der Waals surface area (Å²) >= 11 is 0. The number of aliphatic carboxylic acids is 1. The number of piperidine rings is 1. The number of benzene rings is 1. The average molecular weight is 331 g/mol. The van der Waals surface area contributed by atoms with Crippen molar-refractivity contribution in [3.05, 3.63) is 34.7 Å². The number of carbonyl (C=O) groups is 2. The third-order valence-electron chi connectivity index (χ3n) is 4.72. The van der Waals surface area contributed by atoms with Crippen molar-refractivity contribution in [2.45, 2.75) is 25.8 Å². The molecule has 1 saturated heterocycles. The molecule has 3 rings (SSSR count).